The predicted molar refractivity (Wildman–Crippen MR) is 127 cm³/mol. The molecule has 2 aromatic carbocycles. The Morgan fingerprint density at radius 2 is 1.76 bits per heavy atom. The van der Waals surface area contributed by atoms with E-state index in [1.165, 1.54) is 29.5 Å². The number of benzene rings is 2. The van der Waals surface area contributed by atoms with E-state index in [0.29, 0.717) is 6.04 Å². The Bertz CT molecular complexity index is 724. The molecule has 3 N–H and O–H groups in total. The van der Waals surface area contributed by atoms with Crippen molar-refractivity contribution in [3.05, 3.63) is 77.6 Å². The molecule has 3 heteroatoms. The summed E-state index contributed by atoms with van der Waals surface area (Å²) < 4.78 is 0. The van der Waals surface area contributed by atoms with E-state index in [2.05, 4.69) is 91.8 Å². The monoisotopic (exact) mass is 393 g/mol. The van der Waals surface area contributed by atoms with Crippen LogP contribution in [0.15, 0.2) is 60.9 Å². The van der Waals surface area contributed by atoms with Gasteiger partial charge in [0.25, 0.3) is 0 Å². The van der Waals surface area contributed by atoms with Crippen LogP contribution >= 0.6 is 0 Å². The zero-order valence-corrected chi connectivity index (χ0v) is 18.6. The van der Waals surface area contributed by atoms with E-state index < -0.39 is 0 Å². The Kier molecular flexibility index (Phi) is 10.4. The van der Waals surface area contributed by atoms with Crippen molar-refractivity contribution in [1.82, 2.24) is 10.6 Å². The van der Waals surface area contributed by atoms with Crippen LogP contribution in [0, 0.1) is 6.92 Å². The normalized spacial score (nSPS) is 11.8. The molecule has 0 bridgehead atoms. The van der Waals surface area contributed by atoms with E-state index >= 15 is 0 Å². The molecule has 158 valence electrons. The molecule has 0 fully saturated rings. The fourth-order valence-electron chi connectivity index (χ4n) is 3.59. The lowest BCUT2D eigenvalue weighted by molar-refractivity contribution is 0.470. The lowest BCUT2D eigenvalue weighted by atomic mass is 10.0. The van der Waals surface area contributed by atoms with Crippen molar-refractivity contribution in [1.29, 1.82) is 0 Å². The molecule has 29 heavy (non-hydrogen) atoms. The molecular formula is C26H39N3. The van der Waals surface area contributed by atoms with Gasteiger partial charge in [-0.15, -0.1) is 0 Å². The average Bonchev–Trinajstić information content (AvgIpc) is 2.72. The largest absolute Gasteiger partial charge is 0.369 e. The number of rotatable bonds is 14. The summed E-state index contributed by atoms with van der Waals surface area (Å²) in [4.78, 5) is 0. The van der Waals surface area contributed by atoms with Gasteiger partial charge in [-0.3, -0.25) is 0 Å². The van der Waals surface area contributed by atoms with Gasteiger partial charge in [0.05, 0.1) is 5.82 Å². The van der Waals surface area contributed by atoms with Crippen molar-refractivity contribution < 1.29 is 0 Å². The van der Waals surface area contributed by atoms with Crippen molar-refractivity contribution in [2.75, 3.05) is 11.9 Å². The number of anilines is 1. The minimum absolute atomic E-state index is 0.424. The van der Waals surface area contributed by atoms with Crippen molar-refractivity contribution in [3.63, 3.8) is 0 Å². The molecule has 0 aliphatic heterocycles. The maximum atomic E-state index is 4.22. The molecule has 0 saturated carbocycles. The first-order valence-corrected chi connectivity index (χ1v) is 11.2. The molecule has 0 amide bonds. The first kappa shape index (κ1) is 23.0. The van der Waals surface area contributed by atoms with Gasteiger partial charge in [0.15, 0.2) is 0 Å². The molecule has 0 aliphatic carbocycles. The summed E-state index contributed by atoms with van der Waals surface area (Å²) >= 11 is 0. The lowest BCUT2D eigenvalue weighted by Crippen LogP contribution is -2.34. The Hall–Kier alpha value is -2.26. The molecule has 0 heterocycles. The van der Waals surface area contributed by atoms with E-state index in [1.807, 2.05) is 0 Å². The number of hydrogen-bond donors (Lipinski definition) is 3. The molecule has 3 nitrogen and oxygen atoms in total. The highest BCUT2D eigenvalue weighted by atomic mass is 15.1. The molecule has 2 rings (SSSR count). The summed E-state index contributed by atoms with van der Waals surface area (Å²) in [6.07, 6.45) is 7.02. The SMILES string of the molecule is C=C(Nc1ccc(CCCC)cc1C)NC(CCC)CCNCc1ccccc1. The first-order chi connectivity index (χ1) is 14.1. The first-order valence-electron chi connectivity index (χ1n) is 11.2. The van der Waals surface area contributed by atoms with E-state index in [-0.39, 0.29) is 0 Å². The highest BCUT2D eigenvalue weighted by Crippen LogP contribution is 2.19. The van der Waals surface area contributed by atoms with Gasteiger partial charge < -0.3 is 16.0 Å². The summed E-state index contributed by atoms with van der Waals surface area (Å²) in [6.45, 7) is 12.8. The van der Waals surface area contributed by atoms with Gasteiger partial charge in [-0.1, -0.05) is 75.7 Å². The van der Waals surface area contributed by atoms with Crippen molar-refractivity contribution >= 4 is 5.69 Å². The fourth-order valence-corrected chi connectivity index (χ4v) is 3.59. The highest BCUT2D eigenvalue weighted by molar-refractivity contribution is 5.55. The molecule has 0 saturated heterocycles. The van der Waals surface area contributed by atoms with Crippen LogP contribution in [0.25, 0.3) is 0 Å². The van der Waals surface area contributed by atoms with Gasteiger partial charge in [-0.05, 0) is 61.9 Å². The summed E-state index contributed by atoms with van der Waals surface area (Å²) in [5.74, 6) is 0.885. The lowest BCUT2D eigenvalue weighted by Gasteiger charge is -2.23. The minimum atomic E-state index is 0.424. The Labute approximate surface area is 178 Å². The Balaban J connectivity index is 1.79. The summed E-state index contributed by atoms with van der Waals surface area (Å²) in [5.41, 5.74) is 5.16. The quantitative estimate of drug-likeness (QED) is 0.336. The maximum absolute atomic E-state index is 4.22. The van der Waals surface area contributed by atoms with Gasteiger partial charge in [-0.2, -0.15) is 0 Å². The fraction of sp³-hybridized carbons (Fsp3) is 0.462. The van der Waals surface area contributed by atoms with E-state index in [4.69, 9.17) is 0 Å². The second-order valence-electron chi connectivity index (χ2n) is 7.94. The topological polar surface area (TPSA) is 36.1 Å². The van der Waals surface area contributed by atoms with Crippen LogP contribution in [-0.4, -0.2) is 12.6 Å². The second-order valence-corrected chi connectivity index (χ2v) is 7.94. The van der Waals surface area contributed by atoms with Crippen LogP contribution < -0.4 is 16.0 Å². The maximum Gasteiger partial charge on any atom is 0.0959 e. The smallest absolute Gasteiger partial charge is 0.0959 e. The van der Waals surface area contributed by atoms with Gasteiger partial charge >= 0.3 is 0 Å². The molecule has 0 radical (unpaired) electrons. The zero-order valence-electron chi connectivity index (χ0n) is 18.6. The third-order valence-electron chi connectivity index (χ3n) is 5.25. The number of aryl methyl sites for hydroxylation is 2. The highest BCUT2D eigenvalue weighted by Gasteiger charge is 2.09. The third-order valence-corrected chi connectivity index (χ3v) is 5.25. The third kappa shape index (κ3) is 8.74. The van der Waals surface area contributed by atoms with Crippen LogP contribution in [0.3, 0.4) is 0 Å². The van der Waals surface area contributed by atoms with E-state index in [1.54, 1.807) is 0 Å². The van der Waals surface area contributed by atoms with Gasteiger partial charge in [0.1, 0.15) is 0 Å². The molecule has 2 aromatic rings. The van der Waals surface area contributed by atoms with Crippen molar-refractivity contribution in [2.24, 2.45) is 0 Å². The number of hydrogen-bond acceptors (Lipinski definition) is 3. The zero-order chi connectivity index (χ0) is 20.9. The Morgan fingerprint density at radius 1 is 0.966 bits per heavy atom. The van der Waals surface area contributed by atoms with Crippen LogP contribution in [0.4, 0.5) is 5.69 Å². The molecule has 0 spiro atoms. The van der Waals surface area contributed by atoms with Crippen molar-refractivity contribution in [3.8, 4) is 0 Å². The molecule has 0 aliphatic rings. The van der Waals surface area contributed by atoms with E-state index in [9.17, 15) is 0 Å². The van der Waals surface area contributed by atoms with Gasteiger partial charge in [-0.25, -0.2) is 0 Å². The van der Waals surface area contributed by atoms with Crippen LogP contribution in [-0.2, 0) is 13.0 Å². The summed E-state index contributed by atoms with van der Waals surface area (Å²) in [7, 11) is 0. The van der Waals surface area contributed by atoms with Crippen molar-refractivity contribution in [2.45, 2.75) is 71.9 Å². The molecule has 1 unspecified atom stereocenters. The van der Waals surface area contributed by atoms with Crippen LogP contribution in [0.1, 0.15) is 62.6 Å². The number of nitrogens with one attached hydrogen (secondary N) is 3. The van der Waals surface area contributed by atoms with E-state index in [0.717, 1.165) is 50.3 Å². The minimum Gasteiger partial charge on any atom is -0.369 e. The number of unbranched alkanes of at least 4 members (excludes halogenated alkanes) is 1. The summed E-state index contributed by atoms with van der Waals surface area (Å²) in [6, 6.07) is 17.7. The predicted octanol–water partition coefficient (Wildman–Crippen LogP) is 6.16. The standard InChI is InChI=1S/C26H39N3/c1-5-7-12-23-15-16-26(21(3)19-23)29-22(4)28-25(11-6-2)17-18-27-20-24-13-9-8-10-14-24/h8-10,13-16,19,25,27-29H,4-7,11-12,17-18,20H2,1-3H3. The molecule has 0 aromatic heterocycles. The van der Waals surface area contributed by atoms with Gasteiger partial charge in [0.2, 0.25) is 0 Å². The van der Waals surface area contributed by atoms with Crippen LogP contribution in [0.5, 0.6) is 0 Å². The average molecular weight is 394 g/mol. The second kappa shape index (κ2) is 13.1. The summed E-state index contributed by atoms with van der Waals surface area (Å²) in [5, 5.41) is 10.6. The Morgan fingerprint density at radius 3 is 2.45 bits per heavy atom. The molecule has 1 atom stereocenters. The van der Waals surface area contributed by atoms with Crippen LogP contribution in [0.2, 0.25) is 0 Å². The van der Waals surface area contributed by atoms with Gasteiger partial charge in [0, 0.05) is 18.3 Å². The molecular weight excluding hydrogens is 354 g/mol.